The Hall–Kier alpha value is -1.59. The number of rotatable bonds is 9. The minimum Gasteiger partial charge on any atom is -0.385 e. The average Bonchev–Trinajstić information content (AvgIpc) is 2.64. The van der Waals surface area contributed by atoms with E-state index in [0.29, 0.717) is 19.2 Å². The number of carbonyl (C=O) groups excluding carboxylic acids is 1. The van der Waals surface area contributed by atoms with Gasteiger partial charge in [-0.1, -0.05) is 37.3 Å². The smallest absolute Gasteiger partial charge is 0.317 e. The fourth-order valence-corrected chi connectivity index (χ4v) is 3.47. The first-order valence-corrected chi connectivity index (χ1v) is 9.54. The van der Waals surface area contributed by atoms with Crippen LogP contribution in [0.5, 0.6) is 0 Å². The van der Waals surface area contributed by atoms with Gasteiger partial charge in [0.25, 0.3) is 0 Å². The summed E-state index contributed by atoms with van der Waals surface area (Å²) in [6.07, 6.45) is 4.08. The van der Waals surface area contributed by atoms with Crippen LogP contribution < -0.4 is 5.32 Å². The largest absolute Gasteiger partial charge is 0.385 e. The highest BCUT2D eigenvalue weighted by Gasteiger charge is 2.28. The first kappa shape index (κ1) is 19.7. The molecule has 0 bridgehead atoms. The van der Waals surface area contributed by atoms with Gasteiger partial charge in [0.1, 0.15) is 0 Å². The first-order chi connectivity index (χ1) is 12.2. The maximum absolute atomic E-state index is 12.6. The van der Waals surface area contributed by atoms with Crippen LogP contribution >= 0.6 is 0 Å². The molecule has 5 heteroatoms. The number of carbonyl (C=O) groups is 1. The van der Waals surface area contributed by atoms with Crippen molar-refractivity contribution in [3.05, 3.63) is 35.9 Å². The van der Waals surface area contributed by atoms with Crippen molar-refractivity contribution >= 4 is 6.03 Å². The summed E-state index contributed by atoms with van der Waals surface area (Å²) in [6.45, 7) is 7.35. The van der Waals surface area contributed by atoms with Crippen molar-refractivity contribution < 1.29 is 9.53 Å². The molecule has 0 aromatic heterocycles. The highest BCUT2D eigenvalue weighted by molar-refractivity contribution is 5.74. The summed E-state index contributed by atoms with van der Waals surface area (Å²) in [5.74, 6) is 0. The Labute approximate surface area is 152 Å². The van der Waals surface area contributed by atoms with E-state index in [1.165, 1.54) is 5.56 Å². The highest BCUT2D eigenvalue weighted by atomic mass is 16.5. The van der Waals surface area contributed by atoms with Crippen molar-refractivity contribution in [1.29, 1.82) is 0 Å². The molecule has 0 saturated carbocycles. The zero-order chi connectivity index (χ0) is 17.9. The van der Waals surface area contributed by atoms with Crippen LogP contribution in [0.15, 0.2) is 30.3 Å². The number of ether oxygens (including phenoxy) is 1. The van der Waals surface area contributed by atoms with E-state index in [0.717, 1.165) is 51.9 Å². The molecule has 0 spiro atoms. The summed E-state index contributed by atoms with van der Waals surface area (Å²) < 4.78 is 5.05. The number of nitrogens with one attached hydrogen (secondary N) is 1. The zero-order valence-corrected chi connectivity index (χ0v) is 15.7. The standard InChI is InChI=1S/C20H33N3O2/c1-3-13-23(20(24)21-12-8-15-25-2)19-11-7-14-22(17-19)16-18-9-5-4-6-10-18/h4-6,9-10,19H,3,7-8,11-17H2,1-2H3,(H,21,24)/t19-/m1/s1. The summed E-state index contributed by atoms with van der Waals surface area (Å²) >= 11 is 0. The van der Waals surface area contributed by atoms with E-state index in [4.69, 9.17) is 4.74 Å². The number of nitrogens with zero attached hydrogens (tertiary/aromatic N) is 2. The number of benzene rings is 1. The minimum atomic E-state index is 0.0736. The molecule has 0 unspecified atom stereocenters. The molecule has 2 rings (SSSR count). The predicted molar refractivity (Wildman–Crippen MR) is 102 cm³/mol. The lowest BCUT2D eigenvalue weighted by atomic mass is 10.0. The highest BCUT2D eigenvalue weighted by Crippen LogP contribution is 2.18. The van der Waals surface area contributed by atoms with Crippen molar-refractivity contribution in [2.45, 2.75) is 45.2 Å². The molecule has 5 nitrogen and oxygen atoms in total. The number of hydrogen-bond acceptors (Lipinski definition) is 3. The van der Waals surface area contributed by atoms with Gasteiger partial charge in [0.05, 0.1) is 0 Å². The molecular formula is C20H33N3O2. The van der Waals surface area contributed by atoms with Crippen LogP contribution in [0, 0.1) is 0 Å². The maximum Gasteiger partial charge on any atom is 0.317 e. The number of methoxy groups -OCH3 is 1. The Balaban J connectivity index is 1.89. The number of urea groups is 1. The van der Waals surface area contributed by atoms with Crippen LogP contribution in [0.3, 0.4) is 0 Å². The summed E-state index contributed by atoms with van der Waals surface area (Å²) in [5, 5.41) is 3.05. The van der Waals surface area contributed by atoms with Gasteiger partial charge in [0, 0.05) is 45.9 Å². The van der Waals surface area contributed by atoms with Crippen LogP contribution in [0.4, 0.5) is 4.79 Å². The Morgan fingerprint density at radius 3 is 2.88 bits per heavy atom. The molecule has 2 amide bonds. The van der Waals surface area contributed by atoms with Crippen molar-refractivity contribution in [3.8, 4) is 0 Å². The van der Waals surface area contributed by atoms with Crippen LogP contribution in [-0.4, -0.2) is 61.8 Å². The van der Waals surface area contributed by atoms with Crippen molar-refractivity contribution in [3.63, 3.8) is 0 Å². The van der Waals surface area contributed by atoms with Crippen molar-refractivity contribution in [2.24, 2.45) is 0 Å². The normalized spacial score (nSPS) is 18.1. The fourth-order valence-electron chi connectivity index (χ4n) is 3.47. The van der Waals surface area contributed by atoms with Gasteiger partial charge in [0.15, 0.2) is 0 Å². The van der Waals surface area contributed by atoms with Gasteiger partial charge >= 0.3 is 6.03 Å². The molecule has 1 saturated heterocycles. The second-order valence-corrected chi connectivity index (χ2v) is 6.79. The Morgan fingerprint density at radius 1 is 1.36 bits per heavy atom. The molecule has 1 aromatic rings. The van der Waals surface area contributed by atoms with Gasteiger partial charge in [0.2, 0.25) is 0 Å². The Morgan fingerprint density at radius 2 is 2.16 bits per heavy atom. The van der Waals surface area contributed by atoms with E-state index in [1.54, 1.807) is 7.11 Å². The quantitative estimate of drug-likeness (QED) is 0.698. The monoisotopic (exact) mass is 347 g/mol. The molecule has 1 aliphatic heterocycles. The van der Waals surface area contributed by atoms with Gasteiger partial charge in [-0.3, -0.25) is 4.90 Å². The lowest BCUT2D eigenvalue weighted by Crippen LogP contribution is -2.53. The molecule has 1 heterocycles. The van der Waals surface area contributed by atoms with E-state index in [1.807, 2.05) is 4.90 Å². The van der Waals surface area contributed by atoms with Crippen molar-refractivity contribution in [2.75, 3.05) is 39.9 Å². The van der Waals surface area contributed by atoms with Crippen LogP contribution in [0.1, 0.15) is 38.2 Å². The van der Waals surface area contributed by atoms with E-state index in [-0.39, 0.29) is 6.03 Å². The fraction of sp³-hybridized carbons (Fsp3) is 0.650. The molecule has 140 valence electrons. The lowest BCUT2D eigenvalue weighted by molar-refractivity contribution is 0.107. The maximum atomic E-state index is 12.6. The van der Waals surface area contributed by atoms with Gasteiger partial charge < -0.3 is 15.0 Å². The third kappa shape index (κ3) is 6.67. The van der Waals surface area contributed by atoms with E-state index in [9.17, 15) is 4.79 Å². The summed E-state index contributed by atoms with van der Waals surface area (Å²) in [7, 11) is 1.69. The summed E-state index contributed by atoms with van der Waals surface area (Å²) in [4.78, 5) is 17.1. The van der Waals surface area contributed by atoms with Gasteiger partial charge in [-0.05, 0) is 37.8 Å². The molecule has 0 aliphatic carbocycles. The second-order valence-electron chi connectivity index (χ2n) is 6.79. The van der Waals surface area contributed by atoms with E-state index in [2.05, 4.69) is 47.5 Å². The topological polar surface area (TPSA) is 44.8 Å². The first-order valence-electron chi connectivity index (χ1n) is 9.54. The minimum absolute atomic E-state index is 0.0736. The van der Waals surface area contributed by atoms with Crippen LogP contribution in [0.2, 0.25) is 0 Å². The number of hydrogen-bond donors (Lipinski definition) is 1. The molecule has 0 radical (unpaired) electrons. The summed E-state index contributed by atoms with van der Waals surface area (Å²) in [6, 6.07) is 11.0. The van der Waals surface area contributed by atoms with Crippen LogP contribution in [-0.2, 0) is 11.3 Å². The third-order valence-corrected chi connectivity index (χ3v) is 4.70. The number of piperidine rings is 1. The summed E-state index contributed by atoms with van der Waals surface area (Å²) in [5.41, 5.74) is 1.34. The Bertz CT molecular complexity index is 495. The van der Waals surface area contributed by atoms with Gasteiger partial charge in [-0.25, -0.2) is 4.79 Å². The molecule has 1 aromatic carbocycles. The Kier molecular flexibility index (Phi) is 8.77. The number of likely N-dealkylation sites (tertiary alicyclic amines) is 1. The molecule has 1 N–H and O–H groups in total. The zero-order valence-electron chi connectivity index (χ0n) is 15.7. The SMILES string of the molecule is CCCN(C(=O)NCCCOC)[C@@H]1CCCN(Cc2ccccc2)C1. The van der Waals surface area contributed by atoms with Crippen molar-refractivity contribution in [1.82, 2.24) is 15.1 Å². The van der Waals surface area contributed by atoms with E-state index < -0.39 is 0 Å². The average molecular weight is 348 g/mol. The molecule has 25 heavy (non-hydrogen) atoms. The number of amides is 2. The molecule has 1 aliphatic rings. The van der Waals surface area contributed by atoms with Gasteiger partial charge in [-0.2, -0.15) is 0 Å². The molecule has 1 atom stereocenters. The third-order valence-electron chi connectivity index (χ3n) is 4.70. The second kappa shape index (κ2) is 11.1. The molecule has 1 fully saturated rings. The molecular weight excluding hydrogens is 314 g/mol. The van der Waals surface area contributed by atoms with Crippen LogP contribution in [0.25, 0.3) is 0 Å². The van der Waals surface area contributed by atoms with E-state index >= 15 is 0 Å². The predicted octanol–water partition coefficient (Wildman–Crippen LogP) is 3.11. The lowest BCUT2D eigenvalue weighted by Gasteiger charge is -2.39. The van der Waals surface area contributed by atoms with Gasteiger partial charge in [-0.15, -0.1) is 0 Å².